The Balaban J connectivity index is 1.59. The number of nitrogens with two attached hydrogens (primary N) is 1. The van der Waals surface area contributed by atoms with Gasteiger partial charge >= 0.3 is 0 Å². The predicted octanol–water partition coefficient (Wildman–Crippen LogP) is 2.00. The molecule has 1 amide bonds. The second-order valence-corrected chi connectivity index (χ2v) is 5.65. The summed E-state index contributed by atoms with van der Waals surface area (Å²) in [7, 11) is 0. The van der Waals surface area contributed by atoms with Crippen molar-refractivity contribution in [2.24, 2.45) is 0 Å². The molecule has 22 heavy (non-hydrogen) atoms. The molecule has 116 valence electrons. The van der Waals surface area contributed by atoms with Gasteiger partial charge in [-0.2, -0.15) is 0 Å². The molecular formula is C19H25N2O+. The first-order chi connectivity index (χ1) is 10.8. The summed E-state index contributed by atoms with van der Waals surface area (Å²) in [6, 6.07) is 20.5. The Morgan fingerprint density at radius 3 is 2.36 bits per heavy atom. The van der Waals surface area contributed by atoms with Crippen LogP contribution < -0.4 is 10.6 Å². The summed E-state index contributed by atoms with van der Waals surface area (Å²) >= 11 is 0. The van der Waals surface area contributed by atoms with E-state index < -0.39 is 0 Å². The number of quaternary nitrogens is 1. The van der Waals surface area contributed by atoms with Crippen molar-refractivity contribution in [1.29, 1.82) is 0 Å². The van der Waals surface area contributed by atoms with Gasteiger partial charge in [-0.25, -0.2) is 0 Å². The molecule has 0 heterocycles. The van der Waals surface area contributed by atoms with Gasteiger partial charge in [-0.15, -0.1) is 0 Å². The van der Waals surface area contributed by atoms with Crippen molar-refractivity contribution in [3.63, 3.8) is 0 Å². The summed E-state index contributed by atoms with van der Waals surface area (Å²) in [5.41, 5.74) is 2.11. The first kappa shape index (κ1) is 16.2. The van der Waals surface area contributed by atoms with Crippen LogP contribution in [0.1, 0.15) is 29.3 Å². The lowest BCUT2D eigenvalue weighted by atomic mass is 10.1. The van der Waals surface area contributed by atoms with Crippen molar-refractivity contribution in [2.45, 2.75) is 25.8 Å². The summed E-state index contributed by atoms with van der Waals surface area (Å²) in [6.07, 6.45) is 2.26. The molecule has 2 rings (SSSR count). The molecule has 2 aromatic rings. The largest absolute Gasteiger partial charge is 0.346 e. The van der Waals surface area contributed by atoms with E-state index in [-0.39, 0.29) is 5.91 Å². The molecule has 3 nitrogen and oxygen atoms in total. The van der Waals surface area contributed by atoms with Gasteiger partial charge in [0.2, 0.25) is 0 Å². The van der Waals surface area contributed by atoms with Gasteiger partial charge in [-0.05, 0) is 31.0 Å². The van der Waals surface area contributed by atoms with Crippen LogP contribution in [0, 0.1) is 0 Å². The Labute approximate surface area is 132 Å². The lowest BCUT2D eigenvalue weighted by Crippen LogP contribution is -2.90. The predicted molar refractivity (Wildman–Crippen MR) is 89.8 cm³/mol. The van der Waals surface area contributed by atoms with Gasteiger partial charge in [0.25, 0.3) is 5.91 Å². The van der Waals surface area contributed by atoms with E-state index in [0.29, 0.717) is 12.6 Å². The Bertz CT molecular complexity index is 554. The fourth-order valence-corrected chi connectivity index (χ4v) is 2.40. The van der Waals surface area contributed by atoms with Crippen molar-refractivity contribution in [3.8, 4) is 0 Å². The lowest BCUT2D eigenvalue weighted by molar-refractivity contribution is -0.684. The smallest absolute Gasteiger partial charge is 0.251 e. The Kier molecular flexibility index (Phi) is 6.65. The molecule has 3 heteroatoms. The molecule has 0 radical (unpaired) electrons. The first-order valence-electron chi connectivity index (χ1n) is 7.96. The first-order valence-corrected chi connectivity index (χ1v) is 7.96. The molecule has 0 aromatic heterocycles. The van der Waals surface area contributed by atoms with E-state index in [4.69, 9.17) is 0 Å². The molecule has 1 atom stereocenters. The zero-order valence-corrected chi connectivity index (χ0v) is 13.2. The van der Waals surface area contributed by atoms with Crippen LogP contribution in [0.4, 0.5) is 0 Å². The second kappa shape index (κ2) is 9.00. The van der Waals surface area contributed by atoms with E-state index >= 15 is 0 Å². The molecule has 0 aliphatic carbocycles. The normalized spacial score (nSPS) is 11.9. The third-order valence-electron chi connectivity index (χ3n) is 3.77. The van der Waals surface area contributed by atoms with E-state index in [0.717, 1.165) is 24.9 Å². The molecule has 0 spiro atoms. The molecule has 2 aromatic carbocycles. The van der Waals surface area contributed by atoms with Crippen LogP contribution >= 0.6 is 0 Å². The van der Waals surface area contributed by atoms with Crippen molar-refractivity contribution >= 4 is 5.91 Å². The van der Waals surface area contributed by atoms with Gasteiger partial charge in [0.15, 0.2) is 0 Å². The summed E-state index contributed by atoms with van der Waals surface area (Å²) in [5, 5.41) is 5.26. The average Bonchev–Trinajstić information content (AvgIpc) is 2.58. The number of benzene rings is 2. The molecule has 0 unspecified atom stereocenters. The fourth-order valence-electron chi connectivity index (χ4n) is 2.40. The number of hydrogen-bond acceptors (Lipinski definition) is 1. The van der Waals surface area contributed by atoms with Crippen molar-refractivity contribution in [1.82, 2.24) is 5.32 Å². The SMILES string of the molecule is C[C@H](CCc1ccccc1)[NH2+]CCNC(=O)c1ccccc1. The monoisotopic (exact) mass is 297 g/mol. The standard InChI is InChI=1S/C19H24N2O/c1-16(12-13-17-8-4-2-5-9-17)20-14-15-21-19(22)18-10-6-3-7-11-18/h2-11,16,20H,12-15H2,1H3,(H,21,22)/p+1/t16-/m1/s1. The van der Waals surface area contributed by atoms with E-state index in [1.54, 1.807) is 0 Å². The van der Waals surface area contributed by atoms with E-state index in [9.17, 15) is 4.79 Å². The minimum absolute atomic E-state index is 0.00550. The van der Waals surface area contributed by atoms with Gasteiger partial charge in [0, 0.05) is 12.0 Å². The van der Waals surface area contributed by atoms with Crippen molar-refractivity contribution in [3.05, 3.63) is 71.8 Å². The van der Waals surface area contributed by atoms with Gasteiger partial charge in [-0.3, -0.25) is 4.79 Å². The van der Waals surface area contributed by atoms with E-state index in [1.807, 2.05) is 30.3 Å². The van der Waals surface area contributed by atoms with Gasteiger partial charge in [0.05, 0.1) is 19.1 Å². The van der Waals surface area contributed by atoms with Crippen LogP contribution in [0.25, 0.3) is 0 Å². The van der Waals surface area contributed by atoms with E-state index in [2.05, 4.69) is 47.9 Å². The second-order valence-electron chi connectivity index (χ2n) is 5.65. The number of carbonyl (C=O) groups excluding carboxylic acids is 1. The molecule has 0 aliphatic rings. The third-order valence-corrected chi connectivity index (χ3v) is 3.77. The van der Waals surface area contributed by atoms with Gasteiger partial charge in [-0.1, -0.05) is 48.5 Å². The van der Waals surface area contributed by atoms with Gasteiger partial charge in [0.1, 0.15) is 0 Å². The van der Waals surface area contributed by atoms with Crippen LogP contribution in [-0.4, -0.2) is 25.0 Å². The molecule has 0 aliphatic heterocycles. The van der Waals surface area contributed by atoms with Crippen molar-refractivity contribution in [2.75, 3.05) is 13.1 Å². The van der Waals surface area contributed by atoms with Crippen LogP contribution in [0.5, 0.6) is 0 Å². The highest BCUT2D eigenvalue weighted by atomic mass is 16.1. The number of rotatable bonds is 8. The van der Waals surface area contributed by atoms with E-state index in [1.165, 1.54) is 5.56 Å². The Morgan fingerprint density at radius 1 is 1.05 bits per heavy atom. The highest BCUT2D eigenvalue weighted by Crippen LogP contribution is 2.03. The fraction of sp³-hybridized carbons (Fsp3) is 0.316. The Morgan fingerprint density at radius 2 is 1.68 bits per heavy atom. The molecule has 3 N–H and O–H groups in total. The quantitative estimate of drug-likeness (QED) is 0.719. The zero-order chi connectivity index (χ0) is 15.6. The summed E-state index contributed by atoms with van der Waals surface area (Å²) in [5.74, 6) is 0.00550. The maximum absolute atomic E-state index is 11.9. The number of amides is 1. The minimum atomic E-state index is 0.00550. The number of nitrogens with one attached hydrogen (secondary N) is 1. The molecular weight excluding hydrogens is 272 g/mol. The number of hydrogen-bond donors (Lipinski definition) is 2. The maximum atomic E-state index is 11.9. The highest BCUT2D eigenvalue weighted by molar-refractivity contribution is 5.94. The summed E-state index contributed by atoms with van der Waals surface area (Å²) < 4.78 is 0. The molecule has 0 fully saturated rings. The zero-order valence-electron chi connectivity index (χ0n) is 13.2. The molecule has 0 bridgehead atoms. The summed E-state index contributed by atoms with van der Waals surface area (Å²) in [6.45, 7) is 3.85. The molecule has 0 saturated carbocycles. The van der Waals surface area contributed by atoms with Crippen LogP contribution in [0.3, 0.4) is 0 Å². The van der Waals surface area contributed by atoms with Gasteiger partial charge < -0.3 is 10.6 Å². The average molecular weight is 297 g/mol. The maximum Gasteiger partial charge on any atom is 0.251 e. The number of carbonyl (C=O) groups is 1. The van der Waals surface area contributed by atoms with Crippen LogP contribution in [-0.2, 0) is 6.42 Å². The van der Waals surface area contributed by atoms with Crippen LogP contribution in [0.2, 0.25) is 0 Å². The van der Waals surface area contributed by atoms with Crippen molar-refractivity contribution < 1.29 is 10.1 Å². The topological polar surface area (TPSA) is 45.7 Å². The third kappa shape index (κ3) is 5.70. The number of aryl methyl sites for hydroxylation is 1. The Hall–Kier alpha value is -2.13. The highest BCUT2D eigenvalue weighted by Gasteiger charge is 2.07. The van der Waals surface area contributed by atoms with Crippen LogP contribution in [0.15, 0.2) is 60.7 Å². The lowest BCUT2D eigenvalue weighted by Gasteiger charge is -2.11. The summed E-state index contributed by atoms with van der Waals surface area (Å²) in [4.78, 5) is 11.9. The minimum Gasteiger partial charge on any atom is -0.346 e. The molecule has 0 saturated heterocycles.